The van der Waals surface area contributed by atoms with Crippen molar-refractivity contribution in [3.05, 3.63) is 52.5 Å². The number of hydrogen-bond donors (Lipinski definition) is 1. The second-order valence-electron chi connectivity index (χ2n) is 5.03. The van der Waals surface area contributed by atoms with Crippen molar-refractivity contribution in [2.45, 2.75) is 25.9 Å². The summed E-state index contributed by atoms with van der Waals surface area (Å²) in [5, 5.41) is 0. The lowest BCUT2D eigenvalue weighted by Crippen LogP contribution is -2.38. The first-order chi connectivity index (χ1) is 9.94. The number of ether oxygens (including phenoxy) is 1. The van der Waals surface area contributed by atoms with Crippen molar-refractivity contribution < 1.29 is 9.53 Å². The lowest BCUT2D eigenvalue weighted by atomic mass is 9.93. The van der Waals surface area contributed by atoms with Crippen molar-refractivity contribution in [1.82, 2.24) is 9.55 Å². The molecular formula is C15H18BrN3O2. The van der Waals surface area contributed by atoms with E-state index in [0.29, 0.717) is 13.2 Å². The van der Waals surface area contributed by atoms with Gasteiger partial charge in [0.2, 0.25) is 5.82 Å². The van der Waals surface area contributed by atoms with Gasteiger partial charge in [-0.1, -0.05) is 28.1 Å². The summed E-state index contributed by atoms with van der Waals surface area (Å²) in [7, 11) is 0. The number of esters is 1. The van der Waals surface area contributed by atoms with Crippen molar-refractivity contribution >= 4 is 21.9 Å². The first-order valence-electron chi connectivity index (χ1n) is 6.67. The van der Waals surface area contributed by atoms with Crippen molar-refractivity contribution in [1.29, 1.82) is 0 Å². The van der Waals surface area contributed by atoms with Crippen molar-refractivity contribution in [3.8, 4) is 0 Å². The summed E-state index contributed by atoms with van der Waals surface area (Å²) in [5.74, 6) is -0.170. The normalized spacial score (nSPS) is 13.7. The van der Waals surface area contributed by atoms with E-state index in [2.05, 4.69) is 20.9 Å². The maximum Gasteiger partial charge on any atom is 0.374 e. The van der Waals surface area contributed by atoms with Crippen molar-refractivity contribution in [3.63, 3.8) is 0 Å². The molecule has 21 heavy (non-hydrogen) atoms. The molecule has 0 aliphatic rings. The molecule has 1 aromatic carbocycles. The first-order valence-corrected chi connectivity index (χ1v) is 7.46. The summed E-state index contributed by atoms with van der Waals surface area (Å²) in [6, 6.07) is 7.82. The van der Waals surface area contributed by atoms with Gasteiger partial charge >= 0.3 is 5.97 Å². The summed E-state index contributed by atoms with van der Waals surface area (Å²) in [6.45, 7) is 4.43. The molecule has 1 unspecified atom stereocenters. The quantitative estimate of drug-likeness (QED) is 0.840. The molecular weight excluding hydrogens is 334 g/mol. The standard InChI is InChI=1S/C15H18BrN3O2/c1-3-21-14(20)13-18-7-8-19(13)10-15(2,17)11-5-4-6-12(16)9-11/h4-9H,3,10,17H2,1-2H3. The molecule has 112 valence electrons. The highest BCUT2D eigenvalue weighted by Gasteiger charge is 2.25. The Morgan fingerprint density at radius 2 is 2.29 bits per heavy atom. The number of nitrogens with zero attached hydrogens (tertiary/aromatic N) is 2. The van der Waals surface area contributed by atoms with Gasteiger partial charge in [-0.15, -0.1) is 0 Å². The molecule has 1 heterocycles. The van der Waals surface area contributed by atoms with E-state index in [1.54, 1.807) is 23.9 Å². The fraction of sp³-hybridized carbons (Fsp3) is 0.333. The van der Waals surface area contributed by atoms with Gasteiger partial charge in [-0.3, -0.25) is 0 Å². The van der Waals surface area contributed by atoms with Crippen LogP contribution in [0.2, 0.25) is 0 Å². The van der Waals surface area contributed by atoms with E-state index in [1.165, 1.54) is 0 Å². The van der Waals surface area contributed by atoms with Gasteiger partial charge in [0, 0.05) is 23.4 Å². The molecule has 0 spiro atoms. The van der Waals surface area contributed by atoms with Crippen LogP contribution in [0.15, 0.2) is 41.1 Å². The highest BCUT2D eigenvalue weighted by atomic mass is 79.9. The number of hydrogen-bond acceptors (Lipinski definition) is 4. The van der Waals surface area contributed by atoms with Crippen molar-refractivity contribution in [2.75, 3.05) is 6.61 Å². The van der Waals surface area contributed by atoms with Crippen LogP contribution in [-0.4, -0.2) is 22.1 Å². The van der Waals surface area contributed by atoms with Crippen molar-refractivity contribution in [2.24, 2.45) is 5.73 Å². The fourth-order valence-electron chi connectivity index (χ4n) is 2.11. The predicted octanol–water partition coefficient (Wildman–Crippen LogP) is 2.70. The summed E-state index contributed by atoms with van der Waals surface area (Å²) < 4.78 is 7.68. The minimum Gasteiger partial charge on any atom is -0.460 e. The van der Waals surface area contributed by atoms with Crippen LogP contribution in [-0.2, 0) is 16.8 Å². The summed E-state index contributed by atoms with van der Waals surface area (Å²) in [4.78, 5) is 15.9. The smallest absolute Gasteiger partial charge is 0.374 e. The van der Waals surface area contributed by atoms with Crippen LogP contribution in [0.3, 0.4) is 0 Å². The highest BCUT2D eigenvalue weighted by Crippen LogP contribution is 2.23. The molecule has 0 aliphatic carbocycles. The maximum atomic E-state index is 11.8. The van der Waals surface area contributed by atoms with E-state index in [9.17, 15) is 4.79 Å². The Labute approximate surface area is 132 Å². The van der Waals surface area contributed by atoms with Gasteiger partial charge in [0.05, 0.1) is 12.1 Å². The minimum absolute atomic E-state index is 0.267. The van der Waals surface area contributed by atoms with Gasteiger partial charge in [0.1, 0.15) is 0 Å². The molecule has 2 N–H and O–H groups in total. The monoisotopic (exact) mass is 351 g/mol. The minimum atomic E-state index is -0.633. The van der Waals surface area contributed by atoms with E-state index < -0.39 is 11.5 Å². The average Bonchev–Trinajstić information content (AvgIpc) is 2.86. The lowest BCUT2D eigenvalue weighted by molar-refractivity contribution is 0.0505. The number of aromatic nitrogens is 2. The van der Waals surface area contributed by atoms with E-state index in [0.717, 1.165) is 10.0 Å². The fourth-order valence-corrected chi connectivity index (χ4v) is 2.51. The third-order valence-corrected chi connectivity index (χ3v) is 3.65. The van der Waals surface area contributed by atoms with E-state index in [-0.39, 0.29) is 5.82 Å². The Morgan fingerprint density at radius 3 is 2.95 bits per heavy atom. The second kappa shape index (κ2) is 6.41. The molecule has 1 atom stereocenters. The number of carbonyl (C=O) groups is 1. The van der Waals surface area contributed by atoms with Gasteiger partial charge in [-0.05, 0) is 31.5 Å². The maximum absolute atomic E-state index is 11.8. The SMILES string of the molecule is CCOC(=O)c1nccn1CC(C)(N)c1cccc(Br)c1. The molecule has 0 saturated heterocycles. The van der Waals surface area contributed by atoms with Gasteiger partial charge < -0.3 is 15.0 Å². The molecule has 5 nitrogen and oxygen atoms in total. The molecule has 0 aliphatic heterocycles. The van der Waals surface area contributed by atoms with Gasteiger partial charge in [0.25, 0.3) is 0 Å². The number of nitrogens with two attached hydrogens (primary N) is 1. The summed E-state index contributed by atoms with van der Waals surface area (Å²) >= 11 is 3.44. The van der Waals surface area contributed by atoms with Crippen LogP contribution in [0.25, 0.3) is 0 Å². The lowest BCUT2D eigenvalue weighted by Gasteiger charge is -2.26. The molecule has 6 heteroatoms. The van der Waals surface area contributed by atoms with Crippen LogP contribution in [0, 0.1) is 0 Å². The Morgan fingerprint density at radius 1 is 1.52 bits per heavy atom. The van der Waals surface area contributed by atoms with Gasteiger partial charge in [-0.2, -0.15) is 0 Å². The molecule has 0 radical (unpaired) electrons. The Bertz CT molecular complexity index is 637. The third kappa shape index (κ3) is 3.71. The van der Waals surface area contributed by atoms with E-state index >= 15 is 0 Å². The van der Waals surface area contributed by atoms with E-state index in [4.69, 9.17) is 10.5 Å². The number of halogens is 1. The Balaban J connectivity index is 2.25. The first kappa shape index (κ1) is 15.7. The van der Waals surface area contributed by atoms with Gasteiger partial charge in [-0.25, -0.2) is 9.78 Å². The zero-order chi connectivity index (χ0) is 15.5. The zero-order valence-electron chi connectivity index (χ0n) is 12.0. The molecule has 2 rings (SSSR count). The largest absolute Gasteiger partial charge is 0.460 e. The molecule has 0 bridgehead atoms. The zero-order valence-corrected chi connectivity index (χ0v) is 13.6. The molecule has 0 fully saturated rings. The van der Waals surface area contributed by atoms with Crippen LogP contribution in [0.4, 0.5) is 0 Å². The second-order valence-corrected chi connectivity index (χ2v) is 5.94. The van der Waals surface area contributed by atoms with Crippen LogP contribution in [0.1, 0.15) is 30.0 Å². The topological polar surface area (TPSA) is 70.1 Å². The molecule has 0 saturated carbocycles. The molecule has 1 aromatic heterocycles. The Kier molecular flexibility index (Phi) is 4.80. The van der Waals surface area contributed by atoms with E-state index in [1.807, 2.05) is 31.2 Å². The molecule has 0 amide bonds. The van der Waals surface area contributed by atoms with Crippen LogP contribution >= 0.6 is 15.9 Å². The van der Waals surface area contributed by atoms with Gasteiger partial charge in [0.15, 0.2) is 0 Å². The number of carbonyl (C=O) groups excluding carboxylic acids is 1. The van der Waals surface area contributed by atoms with Crippen LogP contribution < -0.4 is 5.73 Å². The Hall–Kier alpha value is -1.66. The third-order valence-electron chi connectivity index (χ3n) is 3.16. The summed E-state index contributed by atoms with van der Waals surface area (Å²) in [5.41, 5.74) is 6.76. The number of benzene rings is 1. The van der Waals surface area contributed by atoms with Crippen LogP contribution in [0.5, 0.6) is 0 Å². The predicted molar refractivity (Wildman–Crippen MR) is 83.9 cm³/mol. The number of imidazole rings is 1. The molecule has 2 aromatic rings. The highest BCUT2D eigenvalue weighted by molar-refractivity contribution is 9.10. The average molecular weight is 352 g/mol. The number of rotatable bonds is 5. The summed E-state index contributed by atoms with van der Waals surface area (Å²) in [6.07, 6.45) is 3.30.